The van der Waals surface area contributed by atoms with Crippen LogP contribution in [0.3, 0.4) is 0 Å². The second-order valence-corrected chi connectivity index (χ2v) is 6.17. The SMILES string of the molecule is CC(C)N1CCC(C(=O)NCc2nnc3ccccn23)CC1. The Morgan fingerprint density at radius 3 is 2.82 bits per heavy atom. The van der Waals surface area contributed by atoms with Gasteiger partial charge in [-0.2, -0.15) is 0 Å². The standard InChI is InChI=1S/C16H23N5O/c1-12(2)20-9-6-13(7-10-20)16(22)17-11-15-19-18-14-5-3-4-8-21(14)15/h3-5,8,12-13H,6-7,9-11H2,1-2H3,(H,17,22). The average molecular weight is 301 g/mol. The maximum atomic E-state index is 12.3. The normalized spacial score (nSPS) is 17.2. The number of nitrogens with zero attached hydrogens (tertiary/aromatic N) is 4. The third kappa shape index (κ3) is 3.11. The topological polar surface area (TPSA) is 62.5 Å². The smallest absolute Gasteiger partial charge is 0.223 e. The van der Waals surface area contributed by atoms with Gasteiger partial charge in [0.05, 0.1) is 6.54 Å². The molecule has 2 aromatic heterocycles. The zero-order chi connectivity index (χ0) is 15.5. The Bertz CT molecular complexity index is 643. The minimum atomic E-state index is 0.120. The highest BCUT2D eigenvalue weighted by molar-refractivity contribution is 5.78. The molecule has 3 heterocycles. The maximum absolute atomic E-state index is 12.3. The van der Waals surface area contributed by atoms with Crippen LogP contribution in [0.15, 0.2) is 24.4 Å². The number of piperidine rings is 1. The zero-order valence-electron chi connectivity index (χ0n) is 13.2. The van der Waals surface area contributed by atoms with Crippen molar-refractivity contribution >= 4 is 11.6 Å². The van der Waals surface area contributed by atoms with Crippen LogP contribution in [0.2, 0.25) is 0 Å². The van der Waals surface area contributed by atoms with Crippen molar-refractivity contribution in [2.75, 3.05) is 13.1 Å². The summed E-state index contributed by atoms with van der Waals surface area (Å²) in [6.07, 6.45) is 3.78. The lowest BCUT2D eigenvalue weighted by Crippen LogP contribution is -2.43. The van der Waals surface area contributed by atoms with Crippen molar-refractivity contribution in [2.45, 2.75) is 39.3 Å². The van der Waals surface area contributed by atoms with E-state index in [1.54, 1.807) is 0 Å². The fourth-order valence-corrected chi connectivity index (χ4v) is 3.00. The summed E-state index contributed by atoms with van der Waals surface area (Å²) in [4.78, 5) is 14.7. The summed E-state index contributed by atoms with van der Waals surface area (Å²) in [6.45, 7) is 6.84. The van der Waals surface area contributed by atoms with Crippen molar-refractivity contribution in [1.82, 2.24) is 24.8 Å². The number of hydrogen-bond acceptors (Lipinski definition) is 4. The third-order valence-corrected chi connectivity index (χ3v) is 4.44. The lowest BCUT2D eigenvalue weighted by molar-refractivity contribution is -0.126. The summed E-state index contributed by atoms with van der Waals surface area (Å²) in [6, 6.07) is 6.32. The Kier molecular flexibility index (Phi) is 4.38. The number of carbonyl (C=O) groups excluding carboxylic acids is 1. The van der Waals surface area contributed by atoms with E-state index in [4.69, 9.17) is 0 Å². The fourth-order valence-electron chi connectivity index (χ4n) is 3.00. The summed E-state index contributed by atoms with van der Waals surface area (Å²) in [5.41, 5.74) is 0.803. The van der Waals surface area contributed by atoms with E-state index >= 15 is 0 Å². The van der Waals surface area contributed by atoms with Gasteiger partial charge in [-0.05, 0) is 51.9 Å². The van der Waals surface area contributed by atoms with Crippen molar-refractivity contribution in [3.05, 3.63) is 30.2 Å². The molecular weight excluding hydrogens is 278 g/mol. The van der Waals surface area contributed by atoms with Gasteiger partial charge in [-0.15, -0.1) is 10.2 Å². The number of nitrogens with one attached hydrogen (secondary N) is 1. The third-order valence-electron chi connectivity index (χ3n) is 4.44. The molecule has 2 aromatic rings. The molecule has 1 N–H and O–H groups in total. The molecule has 0 atom stereocenters. The number of carbonyl (C=O) groups is 1. The number of aromatic nitrogens is 3. The van der Waals surface area contributed by atoms with Gasteiger partial charge in [0.25, 0.3) is 0 Å². The monoisotopic (exact) mass is 301 g/mol. The molecule has 1 saturated heterocycles. The van der Waals surface area contributed by atoms with Gasteiger partial charge < -0.3 is 10.2 Å². The van der Waals surface area contributed by atoms with Crippen molar-refractivity contribution in [1.29, 1.82) is 0 Å². The largest absolute Gasteiger partial charge is 0.349 e. The molecule has 1 amide bonds. The summed E-state index contributed by atoms with van der Waals surface area (Å²) in [5, 5.41) is 11.2. The Balaban J connectivity index is 1.55. The van der Waals surface area contributed by atoms with E-state index in [9.17, 15) is 4.79 Å². The molecule has 0 aliphatic carbocycles. The number of amides is 1. The first-order valence-corrected chi connectivity index (χ1v) is 7.95. The van der Waals surface area contributed by atoms with Gasteiger partial charge in [0.1, 0.15) is 0 Å². The van der Waals surface area contributed by atoms with Crippen LogP contribution in [0, 0.1) is 5.92 Å². The highest BCUT2D eigenvalue weighted by atomic mass is 16.1. The lowest BCUT2D eigenvalue weighted by Gasteiger charge is -2.33. The molecule has 0 radical (unpaired) electrons. The number of fused-ring (bicyclic) bond motifs is 1. The van der Waals surface area contributed by atoms with E-state index in [-0.39, 0.29) is 11.8 Å². The van der Waals surface area contributed by atoms with Crippen LogP contribution in [0.1, 0.15) is 32.5 Å². The van der Waals surface area contributed by atoms with E-state index in [2.05, 4.69) is 34.3 Å². The van der Waals surface area contributed by atoms with Gasteiger partial charge in [0, 0.05) is 18.2 Å². The van der Waals surface area contributed by atoms with Gasteiger partial charge in [-0.1, -0.05) is 6.07 Å². The molecule has 3 rings (SSSR count). The quantitative estimate of drug-likeness (QED) is 0.929. The number of hydrogen-bond donors (Lipinski definition) is 1. The highest BCUT2D eigenvalue weighted by Crippen LogP contribution is 2.19. The van der Waals surface area contributed by atoms with E-state index in [0.717, 1.165) is 37.4 Å². The second kappa shape index (κ2) is 6.44. The molecule has 0 spiro atoms. The Labute approximate surface area is 130 Å². The van der Waals surface area contributed by atoms with Crippen LogP contribution in [-0.2, 0) is 11.3 Å². The second-order valence-electron chi connectivity index (χ2n) is 6.17. The van der Waals surface area contributed by atoms with Gasteiger partial charge >= 0.3 is 0 Å². The Hall–Kier alpha value is -1.95. The van der Waals surface area contributed by atoms with Gasteiger partial charge in [-0.3, -0.25) is 9.20 Å². The molecule has 6 nitrogen and oxygen atoms in total. The van der Waals surface area contributed by atoms with Crippen molar-refractivity contribution in [3.63, 3.8) is 0 Å². The first-order valence-electron chi connectivity index (χ1n) is 7.95. The molecule has 0 saturated carbocycles. The van der Waals surface area contributed by atoms with Crippen molar-refractivity contribution < 1.29 is 4.79 Å². The minimum Gasteiger partial charge on any atom is -0.349 e. The molecule has 0 aromatic carbocycles. The molecule has 118 valence electrons. The van der Waals surface area contributed by atoms with E-state index in [1.807, 2.05) is 28.8 Å². The van der Waals surface area contributed by atoms with Crippen LogP contribution in [0.5, 0.6) is 0 Å². The van der Waals surface area contributed by atoms with Crippen molar-refractivity contribution in [3.8, 4) is 0 Å². The van der Waals surface area contributed by atoms with E-state index in [1.165, 1.54) is 0 Å². The predicted molar refractivity (Wildman–Crippen MR) is 84.3 cm³/mol. The van der Waals surface area contributed by atoms with Crippen LogP contribution in [-0.4, -0.2) is 44.5 Å². The molecule has 22 heavy (non-hydrogen) atoms. The first-order chi connectivity index (χ1) is 10.6. The lowest BCUT2D eigenvalue weighted by atomic mass is 9.95. The van der Waals surface area contributed by atoms with Crippen LogP contribution < -0.4 is 5.32 Å². The van der Waals surface area contributed by atoms with E-state index < -0.39 is 0 Å². The average Bonchev–Trinajstić information content (AvgIpc) is 2.96. The molecule has 0 unspecified atom stereocenters. The zero-order valence-corrected chi connectivity index (χ0v) is 13.2. The maximum Gasteiger partial charge on any atom is 0.223 e. The molecule has 1 aliphatic rings. The van der Waals surface area contributed by atoms with E-state index in [0.29, 0.717) is 12.6 Å². The number of likely N-dealkylation sites (tertiary alicyclic amines) is 1. The molecular formula is C16H23N5O. The molecule has 1 aliphatic heterocycles. The van der Waals surface area contributed by atoms with Gasteiger partial charge in [0.15, 0.2) is 11.5 Å². The Morgan fingerprint density at radius 1 is 1.32 bits per heavy atom. The first kappa shape index (κ1) is 15.0. The minimum absolute atomic E-state index is 0.120. The van der Waals surface area contributed by atoms with Crippen LogP contribution in [0.25, 0.3) is 5.65 Å². The van der Waals surface area contributed by atoms with Crippen molar-refractivity contribution in [2.24, 2.45) is 5.92 Å². The summed E-state index contributed by atoms with van der Waals surface area (Å²) >= 11 is 0. The molecule has 1 fully saturated rings. The number of rotatable bonds is 4. The van der Waals surface area contributed by atoms with Gasteiger partial charge in [0.2, 0.25) is 5.91 Å². The highest BCUT2D eigenvalue weighted by Gasteiger charge is 2.25. The number of pyridine rings is 1. The fraction of sp³-hybridized carbons (Fsp3) is 0.562. The summed E-state index contributed by atoms with van der Waals surface area (Å²) < 4.78 is 1.90. The summed E-state index contributed by atoms with van der Waals surface area (Å²) in [5.74, 6) is 1.02. The van der Waals surface area contributed by atoms with Crippen LogP contribution in [0.4, 0.5) is 0 Å². The van der Waals surface area contributed by atoms with Crippen LogP contribution >= 0.6 is 0 Å². The molecule has 0 bridgehead atoms. The molecule has 6 heteroatoms. The predicted octanol–water partition coefficient (Wildman–Crippen LogP) is 1.47. The van der Waals surface area contributed by atoms with Gasteiger partial charge in [-0.25, -0.2) is 0 Å². The summed E-state index contributed by atoms with van der Waals surface area (Å²) in [7, 11) is 0. The Morgan fingerprint density at radius 2 is 2.09 bits per heavy atom.